The Morgan fingerprint density at radius 1 is 1.04 bits per heavy atom. The number of carbonyl (C=O) groups is 1. The topological polar surface area (TPSA) is 72.7 Å². The third-order valence-corrected chi connectivity index (χ3v) is 4.25. The van der Waals surface area contributed by atoms with Crippen molar-refractivity contribution < 1.29 is 4.79 Å². The summed E-state index contributed by atoms with van der Waals surface area (Å²) in [4.78, 5) is 21.3. The smallest absolute Gasteiger partial charge is 0.224 e. The van der Waals surface area contributed by atoms with E-state index in [4.69, 9.17) is 0 Å². The van der Waals surface area contributed by atoms with Crippen LogP contribution in [0, 0.1) is 6.92 Å². The van der Waals surface area contributed by atoms with Gasteiger partial charge in [0.25, 0.3) is 0 Å². The number of para-hydroxylation sites is 2. The van der Waals surface area contributed by atoms with Crippen molar-refractivity contribution in [3.8, 4) is 5.69 Å². The lowest BCUT2D eigenvalue weighted by Crippen LogP contribution is -2.14. The van der Waals surface area contributed by atoms with Gasteiger partial charge in [0, 0.05) is 30.1 Å². The monoisotopic (exact) mass is 357 g/mol. The van der Waals surface area contributed by atoms with Crippen molar-refractivity contribution >= 4 is 22.5 Å². The Balaban J connectivity index is 1.57. The highest BCUT2D eigenvalue weighted by Crippen LogP contribution is 2.21. The molecule has 6 heteroatoms. The van der Waals surface area contributed by atoms with Crippen LogP contribution in [0.5, 0.6) is 0 Å². The molecule has 4 aromatic rings. The van der Waals surface area contributed by atoms with Crippen LogP contribution in [-0.2, 0) is 11.2 Å². The molecule has 2 aromatic heterocycles. The number of rotatable bonds is 5. The first-order chi connectivity index (χ1) is 13.2. The van der Waals surface area contributed by atoms with E-state index in [9.17, 15) is 4.79 Å². The van der Waals surface area contributed by atoms with E-state index in [1.54, 1.807) is 10.9 Å². The van der Waals surface area contributed by atoms with Crippen LogP contribution < -0.4 is 5.32 Å². The van der Waals surface area contributed by atoms with Gasteiger partial charge in [-0.25, -0.2) is 9.67 Å². The fourth-order valence-corrected chi connectivity index (χ4v) is 3.04. The number of amides is 1. The minimum Gasteiger partial charge on any atom is -0.326 e. The normalized spacial score (nSPS) is 10.9. The highest BCUT2D eigenvalue weighted by molar-refractivity contribution is 5.90. The summed E-state index contributed by atoms with van der Waals surface area (Å²) in [6.45, 7) is 1.85. The van der Waals surface area contributed by atoms with Gasteiger partial charge < -0.3 is 5.32 Å². The summed E-state index contributed by atoms with van der Waals surface area (Å²) in [7, 11) is 0. The van der Waals surface area contributed by atoms with Gasteiger partial charge in [-0.05, 0) is 31.2 Å². The summed E-state index contributed by atoms with van der Waals surface area (Å²) < 4.78 is 1.79. The summed E-state index contributed by atoms with van der Waals surface area (Å²) in [5, 5.41) is 8.46. The van der Waals surface area contributed by atoms with Crippen LogP contribution in [0.4, 0.5) is 5.69 Å². The number of fused-ring (bicyclic) bond motifs is 1. The Labute approximate surface area is 156 Å². The molecule has 0 bridgehead atoms. The van der Waals surface area contributed by atoms with Crippen LogP contribution in [0.1, 0.15) is 18.1 Å². The Morgan fingerprint density at radius 2 is 1.85 bits per heavy atom. The summed E-state index contributed by atoms with van der Waals surface area (Å²) in [6, 6.07) is 19.3. The molecule has 0 saturated heterocycles. The van der Waals surface area contributed by atoms with E-state index >= 15 is 0 Å². The van der Waals surface area contributed by atoms with Crippen LogP contribution >= 0.6 is 0 Å². The van der Waals surface area contributed by atoms with Gasteiger partial charge in [-0.2, -0.15) is 5.10 Å². The number of aryl methyl sites for hydroxylation is 2. The average Bonchev–Trinajstić information content (AvgIpc) is 3.07. The number of hydrogen-bond donors (Lipinski definition) is 1. The average molecular weight is 357 g/mol. The zero-order chi connectivity index (χ0) is 18.6. The molecule has 0 aliphatic rings. The minimum atomic E-state index is -0.0514. The Bertz CT molecular complexity index is 1080. The summed E-state index contributed by atoms with van der Waals surface area (Å²) >= 11 is 0. The summed E-state index contributed by atoms with van der Waals surface area (Å²) in [5.41, 5.74) is 2.52. The van der Waals surface area contributed by atoms with Gasteiger partial charge >= 0.3 is 0 Å². The molecular weight excluding hydrogens is 338 g/mol. The number of nitrogens with one attached hydrogen (secondary N) is 1. The van der Waals surface area contributed by atoms with E-state index in [0.29, 0.717) is 18.7 Å². The maximum Gasteiger partial charge on any atom is 0.224 e. The number of anilines is 1. The molecule has 2 aromatic carbocycles. The summed E-state index contributed by atoms with van der Waals surface area (Å²) in [6.07, 6.45) is 2.58. The van der Waals surface area contributed by atoms with Crippen molar-refractivity contribution in [1.29, 1.82) is 0 Å². The van der Waals surface area contributed by atoms with E-state index < -0.39 is 0 Å². The van der Waals surface area contributed by atoms with E-state index in [1.165, 1.54) is 0 Å². The molecule has 0 aliphatic heterocycles. The molecule has 6 nitrogen and oxygen atoms in total. The molecular formula is C21H19N5O. The first kappa shape index (κ1) is 16.9. The Morgan fingerprint density at radius 3 is 2.70 bits per heavy atom. The SMILES string of the molecule is Cc1nc(CCC(=O)Nc2ccccc2)n(-c2cccc3cccnc23)n1. The molecule has 4 rings (SSSR count). The van der Waals surface area contributed by atoms with Crippen molar-refractivity contribution in [1.82, 2.24) is 19.7 Å². The van der Waals surface area contributed by atoms with Gasteiger partial charge in [-0.15, -0.1) is 0 Å². The van der Waals surface area contributed by atoms with E-state index in [-0.39, 0.29) is 5.91 Å². The maximum atomic E-state index is 12.3. The fraction of sp³-hybridized carbons (Fsp3) is 0.143. The molecule has 0 saturated carbocycles. The van der Waals surface area contributed by atoms with Crippen LogP contribution in [0.2, 0.25) is 0 Å². The molecule has 1 amide bonds. The lowest BCUT2D eigenvalue weighted by molar-refractivity contribution is -0.116. The third kappa shape index (κ3) is 3.69. The Kier molecular flexibility index (Phi) is 4.61. The van der Waals surface area contributed by atoms with Crippen LogP contribution in [-0.4, -0.2) is 25.7 Å². The lowest BCUT2D eigenvalue weighted by atomic mass is 10.2. The molecule has 0 spiro atoms. The largest absolute Gasteiger partial charge is 0.326 e. The second-order valence-electron chi connectivity index (χ2n) is 6.25. The highest BCUT2D eigenvalue weighted by atomic mass is 16.1. The number of pyridine rings is 1. The molecule has 1 N–H and O–H groups in total. The van der Waals surface area contributed by atoms with Crippen LogP contribution in [0.25, 0.3) is 16.6 Å². The van der Waals surface area contributed by atoms with Crippen LogP contribution in [0.3, 0.4) is 0 Å². The number of carbonyl (C=O) groups excluding carboxylic acids is 1. The van der Waals surface area contributed by atoms with Gasteiger partial charge in [-0.3, -0.25) is 9.78 Å². The zero-order valence-electron chi connectivity index (χ0n) is 15.0. The van der Waals surface area contributed by atoms with Crippen molar-refractivity contribution in [2.45, 2.75) is 19.8 Å². The number of benzene rings is 2. The molecule has 0 atom stereocenters. The van der Waals surface area contributed by atoms with Crippen molar-refractivity contribution in [2.24, 2.45) is 0 Å². The molecule has 0 fully saturated rings. The van der Waals surface area contributed by atoms with Gasteiger partial charge in [0.15, 0.2) is 0 Å². The maximum absolute atomic E-state index is 12.3. The molecule has 2 heterocycles. The molecule has 134 valence electrons. The quantitative estimate of drug-likeness (QED) is 0.591. The zero-order valence-corrected chi connectivity index (χ0v) is 15.0. The third-order valence-electron chi connectivity index (χ3n) is 4.25. The standard InChI is InChI=1S/C21H19N5O/c1-15-23-19(12-13-20(27)24-17-9-3-2-4-10-17)26(25-15)18-11-5-7-16-8-6-14-22-21(16)18/h2-11,14H,12-13H2,1H3,(H,24,27). The lowest BCUT2D eigenvalue weighted by Gasteiger charge is -2.09. The first-order valence-electron chi connectivity index (χ1n) is 8.82. The Hall–Kier alpha value is -3.54. The predicted octanol–water partition coefficient (Wildman–Crippen LogP) is 3.70. The second kappa shape index (κ2) is 7.37. The van der Waals surface area contributed by atoms with Gasteiger partial charge in [0.2, 0.25) is 5.91 Å². The molecule has 0 radical (unpaired) electrons. The molecule has 27 heavy (non-hydrogen) atoms. The van der Waals surface area contributed by atoms with Gasteiger partial charge in [-0.1, -0.05) is 36.4 Å². The van der Waals surface area contributed by atoms with Crippen molar-refractivity contribution in [3.05, 3.63) is 78.5 Å². The van der Waals surface area contributed by atoms with Crippen LogP contribution in [0.15, 0.2) is 66.9 Å². The first-order valence-corrected chi connectivity index (χ1v) is 8.82. The van der Waals surface area contributed by atoms with Crippen molar-refractivity contribution in [2.75, 3.05) is 5.32 Å². The molecule has 0 unspecified atom stereocenters. The van der Waals surface area contributed by atoms with Crippen molar-refractivity contribution in [3.63, 3.8) is 0 Å². The fourth-order valence-electron chi connectivity index (χ4n) is 3.04. The number of hydrogen-bond acceptors (Lipinski definition) is 4. The van der Waals surface area contributed by atoms with E-state index in [0.717, 1.165) is 28.1 Å². The van der Waals surface area contributed by atoms with E-state index in [2.05, 4.69) is 20.4 Å². The van der Waals surface area contributed by atoms with Gasteiger partial charge in [0.05, 0.1) is 11.2 Å². The minimum absolute atomic E-state index is 0.0514. The highest BCUT2D eigenvalue weighted by Gasteiger charge is 2.14. The number of aromatic nitrogens is 4. The summed E-state index contributed by atoms with van der Waals surface area (Å²) in [5.74, 6) is 1.36. The molecule has 0 aliphatic carbocycles. The van der Waals surface area contributed by atoms with Gasteiger partial charge in [0.1, 0.15) is 11.6 Å². The van der Waals surface area contributed by atoms with E-state index in [1.807, 2.05) is 67.6 Å². The second-order valence-corrected chi connectivity index (χ2v) is 6.25. The predicted molar refractivity (Wildman–Crippen MR) is 105 cm³/mol. The number of nitrogens with zero attached hydrogens (tertiary/aromatic N) is 4.